The molecule has 1 rings (SSSR count). The number of unbranched alkanes of at least 4 members (excludes halogenated alkanes) is 2. The van der Waals surface area contributed by atoms with E-state index in [9.17, 15) is 13.2 Å². The molecule has 0 bridgehead atoms. The largest absolute Gasteiger partial charge is 0.342 e. The molecule has 1 saturated heterocycles. The van der Waals surface area contributed by atoms with Crippen LogP contribution in [0.2, 0.25) is 0 Å². The minimum Gasteiger partial charge on any atom is -0.342 e. The minimum atomic E-state index is -2.91. The van der Waals surface area contributed by atoms with Gasteiger partial charge in [-0.25, -0.2) is 8.42 Å². The maximum absolute atomic E-state index is 11.8. The van der Waals surface area contributed by atoms with Gasteiger partial charge in [-0.05, 0) is 25.8 Å². The first-order valence-electron chi connectivity index (χ1n) is 6.12. The van der Waals surface area contributed by atoms with Crippen molar-refractivity contribution in [2.45, 2.75) is 38.1 Å². The van der Waals surface area contributed by atoms with Crippen molar-refractivity contribution in [3.8, 4) is 0 Å². The maximum atomic E-state index is 11.8. The van der Waals surface area contributed by atoms with Gasteiger partial charge in [-0.15, -0.1) is 0 Å². The third-order valence-corrected chi connectivity index (χ3v) is 4.99. The van der Waals surface area contributed by atoms with Crippen LogP contribution in [0.4, 0.5) is 0 Å². The van der Waals surface area contributed by atoms with E-state index < -0.39 is 9.84 Å². The number of rotatable bonds is 6. The molecule has 1 aliphatic heterocycles. The molecule has 17 heavy (non-hydrogen) atoms. The fourth-order valence-electron chi connectivity index (χ4n) is 2.06. The Hall–Kier alpha value is -0.620. The van der Waals surface area contributed by atoms with E-state index in [0.717, 1.165) is 19.3 Å². The second-order valence-electron chi connectivity index (χ2n) is 4.66. The summed E-state index contributed by atoms with van der Waals surface area (Å²) in [6.45, 7) is 0.658. The standard InChI is InChI=1S/C11H22N2O3S/c1-13(10-6-8-17(15,16)9-10)11(14)5-3-2-4-7-12/h10H,2-9,12H2,1H3. The Kier molecular flexibility index (Phi) is 5.39. The Bertz CT molecular complexity index is 354. The predicted molar refractivity (Wildman–Crippen MR) is 67.4 cm³/mol. The van der Waals surface area contributed by atoms with Crippen LogP contribution in [0.5, 0.6) is 0 Å². The normalized spacial score (nSPS) is 22.6. The maximum Gasteiger partial charge on any atom is 0.222 e. The molecule has 0 aromatic carbocycles. The molecule has 0 spiro atoms. The lowest BCUT2D eigenvalue weighted by Gasteiger charge is -2.23. The molecule has 1 aliphatic rings. The summed E-state index contributed by atoms with van der Waals surface area (Å²) in [5.74, 6) is 0.379. The van der Waals surface area contributed by atoms with Crippen molar-refractivity contribution >= 4 is 15.7 Å². The molecule has 2 N–H and O–H groups in total. The number of sulfone groups is 1. The topological polar surface area (TPSA) is 80.5 Å². The number of hydrogen-bond acceptors (Lipinski definition) is 4. The van der Waals surface area contributed by atoms with Gasteiger partial charge in [-0.1, -0.05) is 6.42 Å². The van der Waals surface area contributed by atoms with Crippen LogP contribution in [0.1, 0.15) is 32.1 Å². The molecule has 0 aromatic rings. The summed E-state index contributed by atoms with van der Waals surface area (Å²) >= 11 is 0. The fraction of sp³-hybridized carbons (Fsp3) is 0.909. The molecular formula is C11H22N2O3S. The molecule has 0 radical (unpaired) electrons. The molecule has 100 valence electrons. The van der Waals surface area contributed by atoms with Crippen molar-refractivity contribution in [3.05, 3.63) is 0 Å². The monoisotopic (exact) mass is 262 g/mol. The Morgan fingerprint density at radius 1 is 1.35 bits per heavy atom. The first kappa shape index (κ1) is 14.4. The van der Waals surface area contributed by atoms with Gasteiger partial charge >= 0.3 is 0 Å². The Balaban J connectivity index is 2.32. The predicted octanol–water partition coefficient (Wildman–Crippen LogP) is 0.151. The van der Waals surface area contributed by atoms with Gasteiger partial charge in [-0.2, -0.15) is 0 Å². The van der Waals surface area contributed by atoms with E-state index in [-0.39, 0.29) is 23.5 Å². The molecule has 1 unspecified atom stereocenters. The second kappa shape index (κ2) is 6.35. The van der Waals surface area contributed by atoms with Crippen LogP contribution in [-0.4, -0.2) is 50.4 Å². The van der Waals surface area contributed by atoms with Gasteiger partial charge in [0.05, 0.1) is 11.5 Å². The third kappa shape index (κ3) is 4.63. The van der Waals surface area contributed by atoms with Gasteiger partial charge in [0, 0.05) is 19.5 Å². The van der Waals surface area contributed by atoms with Crippen molar-refractivity contribution < 1.29 is 13.2 Å². The summed E-state index contributed by atoms with van der Waals surface area (Å²) in [5.41, 5.74) is 5.37. The number of nitrogens with two attached hydrogens (primary N) is 1. The van der Waals surface area contributed by atoms with Gasteiger partial charge < -0.3 is 10.6 Å². The molecule has 6 heteroatoms. The zero-order valence-corrected chi connectivity index (χ0v) is 11.2. The first-order chi connectivity index (χ1) is 7.96. The summed E-state index contributed by atoms with van der Waals surface area (Å²) in [5, 5.41) is 0. The molecular weight excluding hydrogens is 240 g/mol. The van der Waals surface area contributed by atoms with E-state index in [4.69, 9.17) is 5.73 Å². The number of carbonyl (C=O) groups is 1. The summed E-state index contributed by atoms with van der Waals surface area (Å²) in [6.07, 6.45) is 3.80. The highest BCUT2D eigenvalue weighted by atomic mass is 32.2. The van der Waals surface area contributed by atoms with Crippen LogP contribution in [-0.2, 0) is 14.6 Å². The van der Waals surface area contributed by atoms with Gasteiger partial charge in [0.25, 0.3) is 0 Å². The first-order valence-corrected chi connectivity index (χ1v) is 7.94. The lowest BCUT2D eigenvalue weighted by Crippen LogP contribution is -2.37. The number of hydrogen-bond donors (Lipinski definition) is 1. The van der Waals surface area contributed by atoms with Gasteiger partial charge in [-0.3, -0.25) is 4.79 Å². The van der Waals surface area contributed by atoms with E-state index in [2.05, 4.69) is 0 Å². The Morgan fingerprint density at radius 2 is 2.06 bits per heavy atom. The molecule has 1 atom stereocenters. The molecule has 0 aromatic heterocycles. The van der Waals surface area contributed by atoms with Crippen LogP contribution in [0.3, 0.4) is 0 Å². The van der Waals surface area contributed by atoms with E-state index in [1.807, 2.05) is 0 Å². The van der Waals surface area contributed by atoms with Crippen molar-refractivity contribution in [2.24, 2.45) is 5.73 Å². The van der Waals surface area contributed by atoms with Crippen LogP contribution >= 0.6 is 0 Å². The highest BCUT2D eigenvalue weighted by Crippen LogP contribution is 2.17. The average molecular weight is 262 g/mol. The third-order valence-electron chi connectivity index (χ3n) is 3.24. The van der Waals surface area contributed by atoms with Crippen molar-refractivity contribution in [1.82, 2.24) is 4.90 Å². The Labute approximate surface area is 103 Å². The zero-order valence-electron chi connectivity index (χ0n) is 10.4. The minimum absolute atomic E-state index is 0.0455. The number of nitrogens with zero attached hydrogens (tertiary/aromatic N) is 1. The Morgan fingerprint density at radius 3 is 2.59 bits per heavy atom. The molecule has 0 aliphatic carbocycles. The molecule has 5 nitrogen and oxygen atoms in total. The SMILES string of the molecule is CN(C(=O)CCCCCN)C1CCS(=O)(=O)C1. The number of carbonyl (C=O) groups excluding carboxylic acids is 1. The fourth-order valence-corrected chi connectivity index (χ4v) is 3.83. The van der Waals surface area contributed by atoms with E-state index in [1.165, 1.54) is 0 Å². The second-order valence-corrected chi connectivity index (χ2v) is 6.89. The number of amides is 1. The molecule has 1 fully saturated rings. The van der Waals surface area contributed by atoms with E-state index in [0.29, 0.717) is 19.4 Å². The summed E-state index contributed by atoms with van der Waals surface area (Å²) in [7, 11) is -1.21. The lowest BCUT2D eigenvalue weighted by atomic mass is 10.1. The molecule has 1 amide bonds. The van der Waals surface area contributed by atoms with Crippen molar-refractivity contribution in [1.29, 1.82) is 0 Å². The van der Waals surface area contributed by atoms with Crippen LogP contribution in [0.25, 0.3) is 0 Å². The zero-order chi connectivity index (χ0) is 12.9. The lowest BCUT2D eigenvalue weighted by molar-refractivity contribution is -0.131. The van der Waals surface area contributed by atoms with E-state index >= 15 is 0 Å². The molecule has 0 saturated carbocycles. The highest BCUT2D eigenvalue weighted by molar-refractivity contribution is 7.91. The van der Waals surface area contributed by atoms with Gasteiger partial charge in [0.15, 0.2) is 9.84 Å². The van der Waals surface area contributed by atoms with Crippen molar-refractivity contribution in [3.63, 3.8) is 0 Å². The average Bonchev–Trinajstić information content (AvgIpc) is 2.64. The van der Waals surface area contributed by atoms with E-state index in [1.54, 1.807) is 11.9 Å². The van der Waals surface area contributed by atoms with Crippen molar-refractivity contribution in [2.75, 3.05) is 25.1 Å². The van der Waals surface area contributed by atoms with Gasteiger partial charge in [0.2, 0.25) is 5.91 Å². The quantitative estimate of drug-likeness (QED) is 0.691. The summed E-state index contributed by atoms with van der Waals surface area (Å²) in [4.78, 5) is 13.4. The van der Waals surface area contributed by atoms with Crippen LogP contribution in [0, 0.1) is 0 Å². The van der Waals surface area contributed by atoms with Gasteiger partial charge in [0.1, 0.15) is 0 Å². The smallest absolute Gasteiger partial charge is 0.222 e. The summed E-state index contributed by atoms with van der Waals surface area (Å²) < 4.78 is 22.6. The highest BCUT2D eigenvalue weighted by Gasteiger charge is 2.32. The summed E-state index contributed by atoms with van der Waals surface area (Å²) in [6, 6.07) is -0.123. The van der Waals surface area contributed by atoms with Crippen LogP contribution < -0.4 is 5.73 Å². The molecule has 1 heterocycles. The van der Waals surface area contributed by atoms with Crippen LogP contribution in [0.15, 0.2) is 0 Å².